The number of fused-ring (bicyclic) bond motifs is 1. The molecule has 19 heavy (non-hydrogen) atoms. The molecule has 3 aromatic rings. The highest BCUT2D eigenvalue weighted by Crippen LogP contribution is 2.25. The summed E-state index contributed by atoms with van der Waals surface area (Å²) in [6.45, 7) is 0. The van der Waals surface area contributed by atoms with E-state index < -0.39 is 0 Å². The van der Waals surface area contributed by atoms with Gasteiger partial charge in [-0.15, -0.1) is 0 Å². The molecule has 0 aliphatic heterocycles. The van der Waals surface area contributed by atoms with Gasteiger partial charge in [0.1, 0.15) is 11.6 Å². The Morgan fingerprint density at radius 1 is 1.00 bits per heavy atom. The number of hydrogen-bond acceptors (Lipinski definition) is 3. The molecule has 0 radical (unpaired) electrons. The van der Waals surface area contributed by atoms with E-state index in [0.717, 1.165) is 5.39 Å². The number of nitrogen functional groups attached to an aromatic ring is 1. The monoisotopic (exact) mass is 273 g/mol. The van der Waals surface area contributed by atoms with Crippen LogP contribution in [0.25, 0.3) is 22.3 Å². The fourth-order valence-electron chi connectivity index (χ4n) is 1.86. The minimum absolute atomic E-state index is 0.305. The lowest BCUT2D eigenvalue weighted by molar-refractivity contribution is 0.628. The smallest absolute Gasteiger partial charge is 0.162 e. The fourth-order valence-corrected chi connectivity index (χ4v) is 2.02. The van der Waals surface area contributed by atoms with E-state index in [2.05, 4.69) is 9.97 Å². The first-order valence-corrected chi connectivity index (χ1v) is 6.00. The van der Waals surface area contributed by atoms with Gasteiger partial charge in [-0.1, -0.05) is 11.6 Å². The molecule has 0 aliphatic carbocycles. The van der Waals surface area contributed by atoms with Gasteiger partial charge < -0.3 is 5.73 Å². The van der Waals surface area contributed by atoms with E-state index in [4.69, 9.17) is 17.3 Å². The number of aromatic nitrogens is 2. The van der Waals surface area contributed by atoms with Crippen LogP contribution in [0.5, 0.6) is 0 Å². The molecule has 2 N–H and O–H groups in total. The van der Waals surface area contributed by atoms with E-state index in [9.17, 15) is 4.39 Å². The summed E-state index contributed by atoms with van der Waals surface area (Å²) in [5, 5.41) is 1.32. The second-order valence-electron chi connectivity index (χ2n) is 4.10. The number of hydrogen-bond donors (Lipinski definition) is 1. The molecule has 5 heteroatoms. The lowest BCUT2D eigenvalue weighted by Gasteiger charge is -2.05. The standard InChI is InChI=1S/C14H9ClFN3/c15-9-3-6-11-12(7-9)18-14(19-13(11)17)8-1-4-10(16)5-2-8/h1-7H,(H2,17,18,19). The largest absolute Gasteiger partial charge is 0.383 e. The van der Waals surface area contributed by atoms with Gasteiger partial charge in [0.25, 0.3) is 0 Å². The van der Waals surface area contributed by atoms with Crippen molar-refractivity contribution in [2.24, 2.45) is 0 Å². The molecule has 1 heterocycles. The fraction of sp³-hybridized carbons (Fsp3) is 0. The Kier molecular flexibility index (Phi) is 2.80. The number of nitrogens with zero attached hydrogens (tertiary/aromatic N) is 2. The van der Waals surface area contributed by atoms with Gasteiger partial charge in [0.2, 0.25) is 0 Å². The van der Waals surface area contributed by atoms with Gasteiger partial charge in [-0.3, -0.25) is 0 Å². The van der Waals surface area contributed by atoms with E-state index in [0.29, 0.717) is 27.7 Å². The van der Waals surface area contributed by atoms with Gasteiger partial charge in [-0.05, 0) is 42.5 Å². The van der Waals surface area contributed by atoms with E-state index in [-0.39, 0.29) is 5.82 Å². The maximum Gasteiger partial charge on any atom is 0.162 e. The topological polar surface area (TPSA) is 51.8 Å². The lowest BCUT2D eigenvalue weighted by Crippen LogP contribution is -1.97. The number of rotatable bonds is 1. The quantitative estimate of drug-likeness (QED) is 0.736. The van der Waals surface area contributed by atoms with Gasteiger partial charge in [0.05, 0.1) is 5.52 Å². The molecule has 0 aliphatic rings. The first kappa shape index (κ1) is 11.9. The van der Waals surface area contributed by atoms with Gasteiger partial charge in [0.15, 0.2) is 5.82 Å². The van der Waals surface area contributed by atoms with Crippen LogP contribution in [0.4, 0.5) is 10.2 Å². The highest BCUT2D eigenvalue weighted by molar-refractivity contribution is 6.31. The van der Waals surface area contributed by atoms with Crippen LogP contribution in [0.15, 0.2) is 42.5 Å². The summed E-state index contributed by atoms with van der Waals surface area (Å²) in [4.78, 5) is 8.63. The molecule has 0 unspecified atom stereocenters. The minimum atomic E-state index is -0.305. The molecular weight excluding hydrogens is 265 g/mol. The van der Waals surface area contributed by atoms with Crippen LogP contribution in [-0.4, -0.2) is 9.97 Å². The van der Waals surface area contributed by atoms with Crippen molar-refractivity contribution in [1.29, 1.82) is 0 Å². The van der Waals surface area contributed by atoms with Crippen molar-refractivity contribution >= 4 is 28.3 Å². The van der Waals surface area contributed by atoms with Crippen LogP contribution < -0.4 is 5.73 Å². The molecule has 1 aromatic heterocycles. The number of halogens is 2. The molecule has 94 valence electrons. The summed E-state index contributed by atoms with van der Waals surface area (Å²) < 4.78 is 12.9. The van der Waals surface area contributed by atoms with Crippen molar-refractivity contribution < 1.29 is 4.39 Å². The van der Waals surface area contributed by atoms with E-state index in [1.807, 2.05) is 0 Å². The van der Waals surface area contributed by atoms with Crippen LogP contribution >= 0.6 is 11.6 Å². The third kappa shape index (κ3) is 2.22. The van der Waals surface area contributed by atoms with Crippen molar-refractivity contribution in [3.05, 3.63) is 53.3 Å². The molecule has 0 bridgehead atoms. The molecular formula is C14H9ClFN3. The predicted molar refractivity (Wildman–Crippen MR) is 74.4 cm³/mol. The summed E-state index contributed by atoms with van der Waals surface area (Å²) in [6, 6.07) is 11.2. The zero-order chi connectivity index (χ0) is 13.4. The summed E-state index contributed by atoms with van der Waals surface area (Å²) in [5.41, 5.74) is 7.28. The lowest BCUT2D eigenvalue weighted by atomic mass is 10.2. The second kappa shape index (κ2) is 4.48. The molecule has 2 aromatic carbocycles. The maximum atomic E-state index is 12.9. The van der Waals surface area contributed by atoms with Crippen molar-refractivity contribution in [2.45, 2.75) is 0 Å². The zero-order valence-electron chi connectivity index (χ0n) is 9.77. The van der Waals surface area contributed by atoms with Crippen LogP contribution in [0.3, 0.4) is 0 Å². The van der Waals surface area contributed by atoms with E-state index in [1.54, 1.807) is 30.3 Å². The summed E-state index contributed by atoms with van der Waals surface area (Å²) in [7, 11) is 0. The molecule has 3 rings (SSSR count). The predicted octanol–water partition coefficient (Wildman–Crippen LogP) is 3.67. The Hall–Kier alpha value is -2.20. The van der Waals surface area contributed by atoms with Crippen molar-refractivity contribution in [2.75, 3.05) is 5.73 Å². The Morgan fingerprint density at radius 3 is 2.47 bits per heavy atom. The Balaban J connectivity index is 2.22. The highest BCUT2D eigenvalue weighted by atomic mass is 35.5. The van der Waals surface area contributed by atoms with Gasteiger partial charge >= 0.3 is 0 Å². The van der Waals surface area contributed by atoms with E-state index >= 15 is 0 Å². The molecule has 0 fully saturated rings. The molecule has 3 nitrogen and oxygen atoms in total. The third-order valence-electron chi connectivity index (χ3n) is 2.79. The van der Waals surface area contributed by atoms with E-state index in [1.165, 1.54) is 12.1 Å². The Morgan fingerprint density at radius 2 is 1.74 bits per heavy atom. The minimum Gasteiger partial charge on any atom is -0.383 e. The molecule has 0 spiro atoms. The molecule has 0 saturated carbocycles. The number of benzene rings is 2. The summed E-state index contributed by atoms with van der Waals surface area (Å²) in [5.74, 6) is 0.522. The Labute approximate surface area is 113 Å². The normalized spacial score (nSPS) is 10.8. The first-order valence-electron chi connectivity index (χ1n) is 5.62. The van der Waals surface area contributed by atoms with Crippen molar-refractivity contribution in [3.63, 3.8) is 0 Å². The summed E-state index contributed by atoms with van der Waals surface area (Å²) >= 11 is 5.94. The van der Waals surface area contributed by atoms with Gasteiger partial charge in [-0.2, -0.15) is 0 Å². The molecule has 0 saturated heterocycles. The van der Waals surface area contributed by atoms with Crippen molar-refractivity contribution in [1.82, 2.24) is 9.97 Å². The molecule has 0 amide bonds. The average molecular weight is 274 g/mol. The average Bonchev–Trinajstić information content (AvgIpc) is 2.38. The van der Waals surface area contributed by atoms with Crippen LogP contribution in [-0.2, 0) is 0 Å². The molecule has 0 atom stereocenters. The SMILES string of the molecule is Nc1nc(-c2ccc(F)cc2)nc2cc(Cl)ccc12. The first-order chi connectivity index (χ1) is 9.13. The van der Waals surface area contributed by atoms with Crippen LogP contribution in [0, 0.1) is 5.82 Å². The van der Waals surface area contributed by atoms with Gasteiger partial charge in [0, 0.05) is 16.0 Å². The Bertz CT molecular complexity index is 756. The highest BCUT2D eigenvalue weighted by Gasteiger charge is 2.07. The van der Waals surface area contributed by atoms with Gasteiger partial charge in [-0.25, -0.2) is 14.4 Å². The van der Waals surface area contributed by atoms with Crippen LogP contribution in [0.2, 0.25) is 5.02 Å². The van der Waals surface area contributed by atoms with Crippen molar-refractivity contribution in [3.8, 4) is 11.4 Å². The second-order valence-corrected chi connectivity index (χ2v) is 4.54. The van der Waals surface area contributed by atoms with Crippen LogP contribution in [0.1, 0.15) is 0 Å². The zero-order valence-corrected chi connectivity index (χ0v) is 10.5. The third-order valence-corrected chi connectivity index (χ3v) is 3.03. The summed E-state index contributed by atoms with van der Waals surface area (Å²) in [6.07, 6.45) is 0. The number of anilines is 1. The maximum absolute atomic E-state index is 12.9. The number of nitrogens with two attached hydrogens (primary N) is 1.